The fourth-order valence-electron chi connectivity index (χ4n) is 1.00. The van der Waals surface area contributed by atoms with Crippen molar-refractivity contribution < 1.29 is 83.7 Å². The van der Waals surface area contributed by atoms with Gasteiger partial charge < -0.3 is 29.4 Å². The van der Waals surface area contributed by atoms with Crippen LogP contribution < -0.4 is 69.3 Å². The first-order valence-corrected chi connectivity index (χ1v) is 5.19. The Balaban J connectivity index is -0.00000112. The minimum Gasteiger partial charge on any atom is -0.550 e. The molecule has 0 aromatic carbocycles. The molecule has 0 aromatic heterocycles. The first kappa shape index (κ1) is 23.7. The number of carbonyl (C=O) groups is 2. The topological polar surface area (TPSA) is 92.7 Å². The number of nitrogens with zero attached hydrogens (tertiary/aromatic N) is 1. The molecular weight excluding hydrogens is 280 g/mol. The van der Waals surface area contributed by atoms with Crippen molar-refractivity contribution in [3.8, 4) is 0 Å². The Kier molecular flexibility index (Phi) is 16.7. The molecule has 0 N–H and O–H groups in total. The van der Waals surface area contributed by atoms with Gasteiger partial charge in [-0.25, -0.2) is 0 Å². The SMILES string of the molecule is CCN(CC)C(=S)O[C@H](CC(=O)[O-])C(=O)[O-].[Na+].[Na+]. The third-order valence-corrected chi connectivity index (χ3v) is 2.23. The zero-order valence-corrected chi connectivity index (χ0v) is 15.9. The number of hydrogen-bond acceptors (Lipinski definition) is 6. The molecule has 0 bridgehead atoms. The molecule has 0 unspecified atom stereocenters. The Morgan fingerprint density at radius 1 is 1.22 bits per heavy atom. The van der Waals surface area contributed by atoms with Crippen LogP contribution in [0.15, 0.2) is 0 Å². The van der Waals surface area contributed by atoms with Crippen LogP contribution in [0.25, 0.3) is 0 Å². The van der Waals surface area contributed by atoms with Crippen LogP contribution in [0.2, 0.25) is 0 Å². The van der Waals surface area contributed by atoms with E-state index in [9.17, 15) is 19.8 Å². The third-order valence-electron chi connectivity index (χ3n) is 1.88. The van der Waals surface area contributed by atoms with Crippen molar-refractivity contribution >= 4 is 29.3 Å². The van der Waals surface area contributed by atoms with Gasteiger partial charge >= 0.3 is 59.1 Å². The van der Waals surface area contributed by atoms with E-state index in [-0.39, 0.29) is 64.3 Å². The number of carboxylic acids is 2. The molecule has 92 valence electrons. The monoisotopic (exact) mass is 293 g/mol. The van der Waals surface area contributed by atoms with Crippen LogP contribution in [0.3, 0.4) is 0 Å². The standard InChI is InChI=1S/C9H15NO5S.2Na/c1-3-10(4-2)9(16)15-6(8(13)14)5-7(11)12;;/h6H,3-5H2,1-2H3,(H,11,12)(H,13,14);;/q;2*+1/p-2/t6-;;/m1../s1. The molecule has 18 heavy (non-hydrogen) atoms. The molecule has 0 fully saturated rings. The maximum atomic E-state index is 10.6. The van der Waals surface area contributed by atoms with Gasteiger partial charge in [0.1, 0.15) is 6.10 Å². The molecule has 0 heterocycles. The van der Waals surface area contributed by atoms with Crippen LogP contribution in [0.1, 0.15) is 20.3 Å². The second kappa shape index (κ2) is 12.7. The molecule has 0 saturated carbocycles. The molecule has 0 aliphatic heterocycles. The van der Waals surface area contributed by atoms with E-state index in [0.717, 1.165) is 0 Å². The molecule has 1 atom stereocenters. The minimum absolute atomic E-state index is 0. The summed E-state index contributed by atoms with van der Waals surface area (Å²) in [7, 11) is 0. The molecule has 0 aliphatic rings. The number of thiocarbonyl (C=S) groups is 1. The molecule has 0 radical (unpaired) electrons. The zero-order valence-electron chi connectivity index (χ0n) is 11.1. The smallest absolute Gasteiger partial charge is 0.550 e. The predicted molar refractivity (Wildman–Crippen MR) is 55.0 cm³/mol. The van der Waals surface area contributed by atoms with Crippen LogP contribution >= 0.6 is 12.2 Å². The molecule has 0 spiro atoms. The molecule has 0 rings (SSSR count). The van der Waals surface area contributed by atoms with Crippen molar-refractivity contribution in [1.82, 2.24) is 4.90 Å². The van der Waals surface area contributed by atoms with E-state index in [2.05, 4.69) is 0 Å². The van der Waals surface area contributed by atoms with Gasteiger partial charge in [0.15, 0.2) is 0 Å². The average Bonchev–Trinajstić information content (AvgIpc) is 2.17. The minimum atomic E-state index is -1.63. The quantitative estimate of drug-likeness (QED) is 0.355. The molecule has 0 aromatic rings. The molecule has 9 heteroatoms. The van der Waals surface area contributed by atoms with Crippen molar-refractivity contribution in [1.29, 1.82) is 0 Å². The van der Waals surface area contributed by atoms with E-state index in [4.69, 9.17) is 17.0 Å². The maximum Gasteiger partial charge on any atom is 1.00 e. The second-order valence-electron chi connectivity index (χ2n) is 2.94. The summed E-state index contributed by atoms with van der Waals surface area (Å²) < 4.78 is 4.84. The summed E-state index contributed by atoms with van der Waals surface area (Å²) in [6.45, 7) is 4.71. The van der Waals surface area contributed by atoms with Gasteiger partial charge in [0.05, 0.1) is 5.97 Å². The molecular formula is C9H13NNa2O5S. The average molecular weight is 293 g/mol. The number of aliphatic carboxylic acids is 2. The fourth-order valence-corrected chi connectivity index (χ4v) is 1.38. The van der Waals surface area contributed by atoms with Gasteiger partial charge in [-0.2, -0.15) is 0 Å². The van der Waals surface area contributed by atoms with Gasteiger partial charge in [-0.05, 0) is 26.1 Å². The van der Waals surface area contributed by atoms with Crippen LogP contribution in [0, 0.1) is 0 Å². The molecule has 0 amide bonds. The van der Waals surface area contributed by atoms with Gasteiger partial charge in [0.2, 0.25) is 0 Å². The van der Waals surface area contributed by atoms with E-state index < -0.39 is 24.5 Å². The summed E-state index contributed by atoms with van der Waals surface area (Å²) in [5.41, 5.74) is 0. The molecule has 0 aliphatic carbocycles. The van der Waals surface area contributed by atoms with Crippen molar-refractivity contribution in [3.05, 3.63) is 0 Å². The van der Waals surface area contributed by atoms with Crippen molar-refractivity contribution in [2.45, 2.75) is 26.4 Å². The Morgan fingerprint density at radius 2 is 1.67 bits per heavy atom. The third kappa shape index (κ3) is 9.55. The number of hydrogen-bond donors (Lipinski definition) is 0. The fraction of sp³-hybridized carbons (Fsp3) is 0.667. The van der Waals surface area contributed by atoms with E-state index >= 15 is 0 Å². The zero-order chi connectivity index (χ0) is 12.7. The van der Waals surface area contributed by atoms with E-state index in [1.54, 1.807) is 4.90 Å². The summed E-state index contributed by atoms with van der Waals surface area (Å²) in [5.74, 6) is -3.16. The number of rotatable bonds is 6. The van der Waals surface area contributed by atoms with Crippen LogP contribution in [-0.2, 0) is 14.3 Å². The van der Waals surface area contributed by atoms with Crippen LogP contribution in [-0.4, -0.2) is 41.2 Å². The van der Waals surface area contributed by atoms with Crippen molar-refractivity contribution in [2.75, 3.05) is 13.1 Å². The number of ether oxygens (including phenoxy) is 1. The summed E-state index contributed by atoms with van der Waals surface area (Å²) >= 11 is 4.82. The molecule has 6 nitrogen and oxygen atoms in total. The summed E-state index contributed by atoms with van der Waals surface area (Å²) in [6.07, 6.45) is -2.40. The van der Waals surface area contributed by atoms with Gasteiger partial charge in [-0.15, -0.1) is 0 Å². The summed E-state index contributed by atoms with van der Waals surface area (Å²) in [4.78, 5) is 22.4. The van der Waals surface area contributed by atoms with Gasteiger partial charge in [-0.3, -0.25) is 0 Å². The Labute approximate surface area is 156 Å². The first-order valence-electron chi connectivity index (χ1n) is 4.78. The predicted octanol–water partition coefficient (Wildman–Crippen LogP) is -8.10. The van der Waals surface area contributed by atoms with E-state index in [1.807, 2.05) is 13.8 Å². The second-order valence-corrected chi connectivity index (χ2v) is 3.29. The van der Waals surface area contributed by atoms with E-state index in [1.165, 1.54) is 0 Å². The maximum absolute atomic E-state index is 10.6. The summed E-state index contributed by atoms with van der Waals surface area (Å²) in [6, 6.07) is 0. The van der Waals surface area contributed by atoms with E-state index in [0.29, 0.717) is 13.1 Å². The summed E-state index contributed by atoms with van der Waals surface area (Å²) in [5, 5.41) is 20.8. The van der Waals surface area contributed by atoms with Crippen molar-refractivity contribution in [3.63, 3.8) is 0 Å². The van der Waals surface area contributed by atoms with Crippen LogP contribution in [0.5, 0.6) is 0 Å². The van der Waals surface area contributed by atoms with Gasteiger partial charge in [0.25, 0.3) is 5.17 Å². The van der Waals surface area contributed by atoms with Gasteiger partial charge in [-0.1, -0.05) is 0 Å². The Morgan fingerprint density at radius 3 is 1.94 bits per heavy atom. The first-order chi connectivity index (χ1) is 7.42. The number of carbonyl (C=O) groups excluding carboxylic acids is 2. The Hall–Kier alpha value is 0.630. The number of carboxylic acid groups (broad SMARTS) is 2. The van der Waals surface area contributed by atoms with Crippen molar-refractivity contribution in [2.24, 2.45) is 0 Å². The largest absolute Gasteiger partial charge is 1.00 e. The normalized spacial score (nSPS) is 10.3. The Bertz CT molecular complexity index is 286. The molecule has 0 saturated heterocycles. The van der Waals surface area contributed by atoms with Gasteiger partial charge in [0, 0.05) is 25.5 Å². The van der Waals surface area contributed by atoms with Crippen LogP contribution in [0.4, 0.5) is 0 Å².